The van der Waals surface area contributed by atoms with Gasteiger partial charge in [0.2, 0.25) is 0 Å². The van der Waals surface area contributed by atoms with Crippen molar-refractivity contribution >= 4 is 11.7 Å². The molecule has 0 fully saturated rings. The molecule has 3 nitrogen and oxygen atoms in total. The molecule has 3 heteroatoms. The summed E-state index contributed by atoms with van der Waals surface area (Å²) < 4.78 is 0. The van der Waals surface area contributed by atoms with Crippen molar-refractivity contribution < 1.29 is 9.90 Å². The Kier molecular flexibility index (Phi) is 2.62. The second-order valence-corrected chi connectivity index (χ2v) is 3.95. The lowest BCUT2D eigenvalue weighted by Crippen LogP contribution is -2.08. The summed E-state index contributed by atoms with van der Waals surface area (Å²) in [6, 6.07) is 6.27. The highest BCUT2D eigenvalue weighted by Gasteiger charge is 2.24. The maximum Gasteiger partial charge on any atom is 0.304 e. The predicted octanol–water partition coefficient (Wildman–Crippen LogP) is 2.23. The second kappa shape index (κ2) is 3.93. The number of rotatable bonds is 3. The standard InChI is InChI=1S/C12H15NO2/c1-2-8-3-4-11-10(5-8)9(7-13-11)6-12(14)15/h3-5,9,13H,2,6-7H2,1H3,(H,14,15). The molecular weight excluding hydrogens is 190 g/mol. The van der Waals surface area contributed by atoms with Crippen molar-refractivity contribution in [2.45, 2.75) is 25.7 Å². The van der Waals surface area contributed by atoms with Crippen molar-refractivity contribution in [1.82, 2.24) is 0 Å². The number of hydrogen-bond acceptors (Lipinski definition) is 2. The third-order valence-corrected chi connectivity index (χ3v) is 2.92. The number of nitrogens with one attached hydrogen (secondary N) is 1. The summed E-state index contributed by atoms with van der Waals surface area (Å²) in [6.07, 6.45) is 1.21. The Labute approximate surface area is 89.1 Å². The van der Waals surface area contributed by atoms with E-state index in [0.717, 1.165) is 24.2 Å². The fourth-order valence-electron chi connectivity index (χ4n) is 2.07. The molecule has 0 spiro atoms. The van der Waals surface area contributed by atoms with Gasteiger partial charge in [-0.3, -0.25) is 4.79 Å². The van der Waals surface area contributed by atoms with Gasteiger partial charge < -0.3 is 10.4 Å². The first kappa shape index (κ1) is 10.0. The second-order valence-electron chi connectivity index (χ2n) is 3.95. The monoisotopic (exact) mass is 205 g/mol. The maximum atomic E-state index is 10.7. The maximum absolute atomic E-state index is 10.7. The van der Waals surface area contributed by atoms with E-state index < -0.39 is 5.97 Å². The summed E-state index contributed by atoms with van der Waals surface area (Å²) in [5.74, 6) is -0.597. The minimum atomic E-state index is -0.725. The zero-order valence-corrected chi connectivity index (χ0v) is 8.79. The highest BCUT2D eigenvalue weighted by atomic mass is 16.4. The van der Waals surface area contributed by atoms with Crippen LogP contribution in [0.15, 0.2) is 18.2 Å². The highest BCUT2D eigenvalue weighted by Crippen LogP contribution is 2.34. The minimum Gasteiger partial charge on any atom is -0.481 e. The molecule has 0 aliphatic carbocycles. The molecule has 1 heterocycles. The van der Waals surface area contributed by atoms with E-state index in [0.29, 0.717) is 0 Å². The Morgan fingerprint density at radius 1 is 1.60 bits per heavy atom. The van der Waals surface area contributed by atoms with Gasteiger partial charge in [0, 0.05) is 18.2 Å². The molecule has 0 bridgehead atoms. The third kappa shape index (κ3) is 1.96. The van der Waals surface area contributed by atoms with Crippen LogP contribution in [0.2, 0.25) is 0 Å². The fourth-order valence-corrected chi connectivity index (χ4v) is 2.07. The molecule has 1 atom stereocenters. The van der Waals surface area contributed by atoms with Gasteiger partial charge in [0.05, 0.1) is 6.42 Å². The van der Waals surface area contributed by atoms with Crippen LogP contribution in [0.1, 0.15) is 30.4 Å². The summed E-state index contributed by atoms with van der Waals surface area (Å²) in [6.45, 7) is 2.85. The molecule has 80 valence electrons. The van der Waals surface area contributed by atoms with Crippen molar-refractivity contribution in [3.8, 4) is 0 Å². The summed E-state index contributed by atoms with van der Waals surface area (Å²) in [5, 5.41) is 12.0. The van der Waals surface area contributed by atoms with Crippen LogP contribution in [0.5, 0.6) is 0 Å². The number of carboxylic acids is 1. The molecule has 2 rings (SSSR count). The van der Waals surface area contributed by atoms with Crippen molar-refractivity contribution in [2.24, 2.45) is 0 Å². The number of benzene rings is 1. The molecule has 0 saturated heterocycles. The Hall–Kier alpha value is -1.51. The van der Waals surface area contributed by atoms with Crippen LogP contribution in [0, 0.1) is 0 Å². The molecular formula is C12H15NO2. The van der Waals surface area contributed by atoms with E-state index in [4.69, 9.17) is 5.11 Å². The van der Waals surface area contributed by atoms with Crippen LogP contribution in [0.25, 0.3) is 0 Å². The molecule has 0 aromatic heterocycles. The van der Waals surface area contributed by atoms with E-state index in [2.05, 4.69) is 30.4 Å². The van der Waals surface area contributed by atoms with Crippen molar-refractivity contribution in [3.63, 3.8) is 0 Å². The van der Waals surface area contributed by atoms with Gasteiger partial charge >= 0.3 is 5.97 Å². The van der Waals surface area contributed by atoms with Crippen molar-refractivity contribution in [2.75, 3.05) is 11.9 Å². The summed E-state index contributed by atoms with van der Waals surface area (Å²) in [5.41, 5.74) is 3.53. The van der Waals surface area contributed by atoms with Crippen LogP contribution in [0.3, 0.4) is 0 Å². The highest BCUT2D eigenvalue weighted by molar-refractivity contribution is 5.70. The third-order valence-electron chi connectivity index (χ3n) is 2.92. The van der Waals surface area contributed by atoms with Gasteiger partial charge in [0.1, 0.15) is 0 Å². The van der Waals surface area contributed by atoms with E-state index in [1.165, 1.54) is 5.56 Å². The van der Waals surface area contributed by atoms with Gasteiger partial charge in [-0.15, -0.1) is 0 Å². The molecule has 2 N–H and O–H groups in total. The van der Waals surface area contributed by atoms with Gasteiger partial charge in [0.25, 0.3) is 0 Å². The van der Waals surface area contributed by atoms with E-state index in [1.54, 1.807) is 0 Å². The first-order chi connectivity index (χ1) is 7.20. The van der Waals surface area contributed by atoms with Crippen LogP contribution >= 0.6 is 0 Å². The van der Waals surface area contributed by atoms with Crippen LogP contribution in [-0.2, 0) is 11.2 Å². The molecule has 1 aromatic rings. The Morgan fingerprint density at radius 3 is 3.07 bits per heavy atom. The molecule has 0 saturated carbocycles. The molecule has 0 amide bonds. The summed E-state index contributed by atoms with van der Waals surface area (Å²) >= 11 is 0. The number of carbonyl (C=O) groups is 1. The minimum absolute atomic E-state index is 0.129. The molecule has 1 aliphatic rings. The lowest BCUT2D eigenvalue weighted by Gasteiger charge is -2.07. The van der Waals surface area contributed by atoms with E-state index in [-0.39, 0.29) is 12.3 Å². The van der Waals surface area contributed by atoms with Gasteiger partial charge in [-0.05, 0) is 23.6 Å². The molecule has 1 aromatic carbocycles. The predicted molar refractivity (Wildman–Crippen MR) is 59.3 cm³/mol. The van der Waals surface area contributed by atoms with E-state index >= 15 is 0 Å². The van der Waals surface area contributed by atoms with Gasteiger partial charge in [-0.2, -0.15) is 0 Å². The Balaban J connectivity index is 2.27. The van der Waals surface area contributed by atoms with Crippen LogP contribution < -0.4 is 5.32 Å². The number of hydrogen-bond donors (Lipinski definition) is 2. The van der Waals surface area contributed by atoms with Crippen LogP contribution in [0.4, 0.5) is 5.69 Å². The average Bonchev–Trinajstić information content (AvgIpc) is 2.60. The Bertz CT molecular complexity index is 387. The SMILES string of the molecule is CCc1ccc2c(c1)C(CC(=O)O)CN2. The number of fused-ring (bicyclic) bond motifs is 1. The number of aliphatic carboxylic acids is 1. The molecule has 1 unspecified atom stereocenters. The smallest absolute Gasteiger partial charge is 0.304 e. The molecule has 0 radical (unpaired) electrons. The van der Waals surface area contributed by atoms with E-state index in [1.807, 2.05) is 0 Å². The first-order valence-corrected chi connectivity index (χ1v) is 5.29. The zero-order valence-electron chi connectivity index (χ0n) is 8.79. The topological polar surface area (TPSA) is 49.3 Å². The zero-order chi connectivity index (χ0) is 10.8. The largest absolute Gasteiger partial charge is 0.481 e. The molecule has 15 heavy (non-hydrogen) atoms. The average molecular weight is 205 g/mol. The van der Waals surface area contributed by atoms with E-state index in [9.17, 15) is 4.79 Å². The fraction of sp³-hybridized carbons (Fsp3) is 0.417. The normalized spacial score (nSPS) is 18.3. The van der Waals surface area contributed by atoms with Gasteiger partial charge in [-0.25, -0.2) is 0 Å². The quantitative estimate of drug-likeness (QED) is 0.795. The van der Waals surface area contributed by atoms with Gasteiger partial charge in [0.15, 0.2) is 0 Å². The summed E-state index contributed by atoms with van der Waals surface area (Å²) in [7, 11) is 0. The number of aryl methyl sites for hydroxylation is 1. The first-order valence-electron chi connectivity index (χ1n) is 5.29. The number of carboxylic acid groups (broad SMARTS) is 1. The van der Waals surface area contributed by atoms with Crippen molar-refractivity contribution in [3.05, 3.63) is 29.3 Å². The number of anilines is 1. The van der Waals surface area contributed by atoms with Gasteiger partial charge in [-0.1, -0.05) is 19.1 Å². The lowest BCUT2D eigenvalue weighted by atomic mass is 9.96. The molecule has 1 aliphatic heterocycles. The Morgan fingerprint density at radius 2 is 2.40 bits per heavy atom. The van der Waals surface area contributed by atoms with Crippen molar-refractivity contribution in [1.29, 1.82) is 0 Å². The lowest BCUT2D eigenvalue weighted by molar-refractivity contribution is -0.137. The van der Waals surface area contributed by atoms with Crippen LogP contribution in [-0.4, -0.2) is 17.6 Å². The summed E-state index contributed by atoms with van der Waals surface area (Å²) in [4.78, 5) is 10.7.